The Bertz CT molecular complexity index is 607. The molecule has 1 saturated heterocycles. The molecule has 29 heavy (non-hydrogen) atoms. The van der Waals surface area contributed by atoms with Crippen molar-refractivity contribution in [3.8, 4) is 5.75 Å². The fourth-order valence-corrected chi connectivity index (χ4v) is 3.27. The molecule has 1 atom stereocenters. The molecule has 2 rings (SSSR count). The molecule has 0 aliphatic carbocycles. The Hall–Kier alpha value is -1.86. The van der Waals surface area contributed by atoms with Crippen LogP contribution in [0.15, 0.2) is 29.3 Å². The number of rotatable bonds is 11. The van der Waals surface area contributed by atoms with E-state index >= 15 is 0 Å². The molecule has 0 bridgehead atoms. The summed E-state index contributed by atoms with van der Waals surface area (Å²) in [5, 5.41) is 3.37. The highest BCUT2D eigenvalue weighted by Gasteiger charge is 2.22. The Morgan fingerprint density at radius 3 is 2.66 bits per heavy atom. The molecule has 1 aliphatic rings. The van der Waals surface area contributed by atoms with Crippen LogP contribution in [-0.4, -0.2) is 69.6 Å². The number of piperidine rings is 1. The third-order valence-electron chi connectivity index (χ3n) is 4.95. The van der Waals surface area contributed by atoms with Crippen molar-refractivity contribution in [2.24, 2.45) is 4.99 Å². The van der Waals surface area contributed by atoms with E-state index in [1.165, 1.54) is 6.07 Å². The van der Waals surface area contributed by atoms with Crippen LogP contribution >= 0.6 is 0 Å². The molecule has 1 aliphatic heterocycles. The lowest BCUT2D eigenvalue weighted by Crippen LogP contribution is -2.47. The highest BCUT2D eigenvalue weighted by Crippen LogP contribution is 2.18. The molecule has 1 aromatic rings. The number of nitrogens with zero attached hydrogens (tertiary/aromatic N) is 2. The number of methoxy groups -OCH3 is 1. The zero-order chi connectivity index (χ0) is 20.9. The van der Waals surface area contributed by atoms with Crippen LogP contribution in [0.4, 0.5) is 4.39 Å². The third kappa shape index (κ3) is 8.19. The molecule has 1 N–H and O–H groups in total. The number of guanidine groups is 1. The number of ether oxygens (including phenoxy) is 3. The van der Waals surface area contributed by atoms with Crippen LogP contribution in [0.5, 0.6) is 5.75 Å². The van der Waals surface area contributed by atoms with Gasteiger partial charge in [0.15, 0.2) is 17.5 Å². The van der Waals surface area contributed by atoms with E-state index in [1.54, 1.807) is 25.3 Å². The summed E-state index contributed by atoms with van der Waals surface area (Å²) in [7, 11) is 1.71. The fourth-order valence-electron chi connectivity index (χ4n) is 3.27. The van der Waals surface area contributed by atoms with Crippen molar-refractivity contribution >= 4 is 5.96 Å². The lowest BCUT2D eigenvalue weighted by Gasteiger charge is -2.34. The maximum absolute atomic E-state index is 13.9. The fraction of sp³-hybridized carbons (Fsp3) is 0.682. The monoisotopic (exact) mass is 409 g/mol. The summed E-state index contributed by atoms with van der Waals surface area (Å²) in [5.41, 5.74) is 0. The molecule has 0 aromatic heterocycles. The second-order valence-electron chi connectivity index (χ2n) is 7.18. The second-order valence-corrected chi connectivity index (χ2v) is 7.18. The lowest BCUT2D eigenvalue weighted by atomic mass is 10.1. The lowest BCUT2D eigenvalue weighted by molar-refractivity contribution is 0.00987. The molecule has 0 radical (unpaired) electrons. The predicted molar refractivity (Wildman–Crippen MR) is 114 cm³/mol. The van der Waals surface area contributed by atoms with Gasteiger partial charge in [0, 0.05) is 40.0 Å². The number of halogens is 1. The van der Waals surface area contributed by atoms with Crippen molar-refractivity contribution in [3.05, 3.63) is 30.1 Å². The standard InChI is InChI=1S/C22H36FN3O3/c1-4-18(29-21-10-7-6-9-20(21)23)17-25-22(24-5-2)26-13-11-19(12-14-26)28-16-8-15-27-3/h6-7,9-10,18-19H,4-5,8,11-17H2,1-3H3,(H,24,25). The zero-order valence-electron chi connectivity index (χ0n) is 18.0. The minimum atomic E-state index is -0.339. The van der Waals surface area contributed by atoms with E-state index in [0.29, 0.717) is 12.6 Å². The molecule has 1 fully saturated rings. The Balaban J connectivity index is 1.86. The minimum absolute atomic E-state index is 0.165. The summed E-state index contributed by atoms with van der Waals surface area (Å²) in [6, 6.07) is 6.51. The molecular weight excluding hydrogens is 373 g/mol. The van der Waals surface area contributed by atoms with Gasteiger partial charge in [0.25, 0.3) is 0 Å². The van der Waals surface area contributed by atoms with Gasteiger partial charge in [0.1, 0.15) is 6.10 Å². The Kier molecular flexibility index (Phi) is 10.8. The second kappa shape index (κ2) is 13.4. The maximum atomic E-state index is 13.9. The summed E-state index contributed by atoms with van der Waals surface area (Å²) in [6.45, 7) is 8.69. The van der Waals surface area contributed by atoms with Crippen LogP contribution < -0.4 is 10.1 Å². The molecule has 164 valence electrons. The number of hydrogen-bond donors (Lipinski definition) is 1. The van der Waals surface area contributed by atoms with E-state index in [-0.39, 0.29) is 17.7 Å². The molecular formula is C22H36FN3O3. The minimum Gasteiger partial charge on any atom is -0.485 e. The van der Waals surface area contributed by atoms with Crippen LogP contribution in [0.3, 0.4) is 0 Å². The van der Waals surface area contributed by atoms with Crippen LogP contribution in [0.2, 0.25) is 0 Å². The van der Waals surface area contributed by atoms with Crippen molar-refractivity contribution in [2.45, 2.75) is 51.7 Å². The molecule has 7 heteroatoms. The highest BCUT2D eigenvalue weighted by molar-refractivity contribution is 5.80. The maximum Gasteiger partial charge on any atom is 0.194 e. The van der Waals surface area contributed by atoms with Crippen LogP contribution in [0, 0.1) is 5.82 Å². The SMILES string of the molecule is CCNC(=NCC(CC)Oc1ccccc1F)N1CCC(OCCCOC)CC1. The van der Waals surface area contributed by atoms with E-state index in [4.69, 9.17) is 19.2 Å². The topological polar surface area (TPSA) is 55.3 Å². The van der Waals surface area contributed by atoms with Gasteiger partial charge in [-0.1, -0.05) is 19.1 Å². The van der Waals surface area contributed by atoms with E-state index in [0.717, 1.165) is 64.5 Å². The molecule has 0 amide bonds. The van der Waals surface area contributed by atoms with Gasteiger partial charge in [-0.05, 0) is 44.7 Å². The van der Waals surface area contributed by atoms with E-state index in [1.807, 2.05) is 6.92 Å². The Morgan fingerprint density at radius 1 is 1.24 bits per heavy atom. The van der Waals surface area contributed by atoms with Gasteiger partial charge >= 0.3 is 0 Å². The van der Waals surface area contributed by atoms with Crippen LogP contribution in [0.1, 0.15) is 39.5 Å². The first kappa shape index (κ1) is 23.4. The van der Waals surface area contributed by atoms with Gasteiger partial charge in [-0.25, -0.2) is 9.38 Å². The molecule has 1 heterocycles. The van der Waals surface area contributed by atoms with Crippen molar-refractivity contribution < 1.29 is 18.6 Å². The van der Waals surface area contributed by atoms with E-state index < -0.39 is 0 Å². The van der Waals surface area contributed by atoms with Crippen LogP contribution in [-0.2, 0) is 9.47 Å². The summed E-state index contributed by atoms with van der Waals surface area (Å²) in [5.74, 6) is 0.835. The van der Waals surface area contributed by atoms with Crippen molar-refractivity contribution in [1.29, 1.82) is 0 Å². The number of hydrogen-bond acceptors (Lipinski definition) is 4. The van der Waals surface area contributed by atoms with Gasteiger partial charge in [0.05, 0.1) is 12.6 Å². The predicted octanol–water partition coefficient (Wildman–Crippen LogP) is 3.47. The van der Waals surface area contributed by atoms with Gasteiger partial charge in [-0.15, -0.1) is 0 Å². The number of nitrogens with one attached hydrogen (secondary N) is 1. The smallest absolute Gasteiger partial charge is 0.194 e. The molecule has 1 aromatic carbocycles. The average Bonchev–Trinajstić information content (AvgIpc) is 2.75. The van der Waals surface area contributed by atoms with E-state index in [9.17, 15) is 4.39 Å². The average molecular weight is 410 g/mol. The molecule has 6 nitrogen and oxygen atoms in total. The zero-order valence-corrected chi connectivity index (χ0v) is 18.0. The quantitative estimate of drug-likeness (QED) is 0.345. The number of benzene rings is 1. The first-order valence-corrected chi connectivity index (χ1v) is 10.7. The highest BCUT2D eigenvalue weighted by atomic mass is 19.1. The molecule has 1 unspecified atom stereocenters. The first-order valence-electron chi connectivity index (χ1n) is 10.7. The number of aliphatic imine (C=N–C) groups is 1. The summed E-state index contributed by atoms with van der Waals surface area (Å²) < 4.78 is 30.7. The number of para-hydroxylation sites is 1. The van der Waals surface area contributed by atoms with Crippen molar-refractivity contribution in [3.63, 3.8) is 0 Å². The third-order valence-corrected chi connectivity index (χ3v) is 4.95. The Labute approximate surface area is 174 Å². The largest absolute Gasteiger partial charge is 0.485 e. The van der Waals surface area contributed by atoms with Crippen molar-refractivity contribution in [2.75, 3.05) is 46.5 Å². The summed E-state index contributed by atoms with van der Waals surface area (Å²) in [4.78, 5) is 7.04. The Morgan fingerprint density at radius 2 is 2.00 bits per heavy atom. The molecule has 0 spiro atoms. The van der Waals surface area contributed by atoms with Gasteiger partial charge in [-0.3, -0.25) is 0 Å². The van der Waals surface area contributed by atoms with Gasteiger partial charge < -0.3 is 24.4 Å². The molecule has 0 saturated carbocycles. The number of likely N-dealkylation sites (tertiary alicyclic amines) is 1. The van der Waals surface area contributed by atoms with Crippen LogP contribution in [0.25, 0.3) is 0 Å². The van der Waals surface area contributed by atoms with Gasteiger partial charge in [-0.2, -0.15) is 0 Å². The van der Waals surface area contributed by atoms with E-state index in [2.05, 4.69) is 17.1 Å². The summed E-state index contributed by atoms with van der Waals surface area (Å²) in [6.07, 6.45) is 3.80. The van der Waals surface area contributed by atoms with Gasteiger partial charge in [0.2, 0.25) is 0 Å². The summed E-state index contributed by atoms with van der Waals surface area (Å²) >= 11 is 0. The van der Waals surface area contributed by atoms with Crippen molar-refractivity contribution in [1.82, 2.24) is 10.2 Å². The normalized spacial score (nSPS) is 16.7. The first-order chi connectivity index (χ1) is 14.2.